The second kappa shape index (κ2) is 4.15. The molecule has 66 valence electrons. The largest absolute Gasteiger partial charge is 0.507 e. The van der Waals surface area contributed by atoms with Crippen molar-refractivity contribution in [2.24, 2.45) is 0 Å². The minimum atomic E-state index is -0.777. The van der Waals surface area contributed by atoms with E-state index in [1.807, 2.05) is 0 Å². The van der Waals surface area contributed by atoms with E-state index in [2.05, 4.69) is 4.98 Å². The fraction of sp³-hybridized carbons (Fsp3) is 0. The number of allylic oxidation sites excluding steroid dienone is 1. The summed E-state index contributed by atoms with van der Waals surface area (Å²) in [4.78, 5) is 24.3. The number of hydrogen-bond acceptors (Lipinski definition) is 4. The highest BCUT2D eigenvalue weighted by atomic mass is 16.3. The number of ketones is 1. The average Bonchev–Trinajstić information content (AvgIpc) is 2.19. The molecule has 0 saturated carbocycles. The van der Waals surface area contributed by atoms with Gasteiger partial charge in [0.25, 0.3) is 0 Å². The van der Waals surface area contributed by atoms with Crippen LogP contribution in [-0.4, -0.2) is 22.2 Å². The van der Waals surface area contributed by atoms with E-state index >= 15 is 0 Å². The van der Waals surface area contributed by atoms with Crippen LogP contribution >= 0.6 is 0 Å². The second-order valence-electron chi connectivity index (χ2n) is 2.29. The van der Waals surface area contributed by atoms with Crippen molar-refractivity contribution >= 4 is 17.8 Å². The molecule has 0 bridgehead atoms. The molecule has 0 fully saturated rings. The van der Waals surface area contributed by atoms with E-state index in [1.165, 1.54) is 6.20 Å². The van der Waals surface area contributed by atoms with Crippen LogP contribution in [0.1, 0.15) is 5.56 Å². The third-order valence-corrected chi connectivity index (χ3v) is 1.35. The van der Waals surface area contributed by atoms with E-state index in [9.17, 15) is 14.7 Å². The van der Waals surface area contributed by atoms with Crippen LogP contribution in [0, 0.1) is 0 Å². The quantitative estimate of drug-likeness (QED) is 0.320. The Bertz CT molecular complexity index is 343. The predicted octanol–water partition coefficient (Wildman–Crippen LogP) is 0.748. The maximum atomic E-state index is 10.6. The maximum Gasteiger partial charge on any atom is 0.221 e. The fourth-order valence-electron chi connectivity index (χ4n) is 0.766. The number of aromatic nitrogens is 1. The normalized spacial score (nSPS) is 10.9. The smallest absolute Gasteiger partial charge is 0.221 e. The Morgan fingerprint density at radius 1 is 1.54 bits per heavy atom. The Hall–Kier alpha value is -1.97. The first-order valence-corrected chi connectivity index (χ1v) is 3.54. The minimum absolute atomic E-state index is 0.132. The number of hydrogen-bond donors (Lipinski definition) is 1. The molecule has 1 N–H and O–H groups in total. The molecule has 0 atom stereocenters. The lowest BCUT2D eigenvalue weighted by atomic mass is 10.2. The second-order valence-corrected chi connectivity index (χ2v) is 2.29. The van der Waals surface area contributed by atoms with Crippen LogP contribution in [0.25, 0.3) is 5.76 Å². The first kappa shape index (κ1) is 9.12. The molecule has 0 aliphatic carbocycles. The van der Waals surface area contributed by atoms with Crippen LogP contribution in [0.15, 0.2) is 30.6 Å². The summed E-state index contributed by atoms with van der Waals surface area (Å²) in [6, 6.07) is 3.20. The molecule has 13 heavy (non-hydrogen) atoms. The number of carbonyl (C=O) groups excluding carboxylic acids is 2. The standard InChI is InChI=1S/C9H7NO3/c11-6-8(12)4-9(13)7-2-1-3-10-5-7/h1-6,13H/b9-4-. The fourth-order valence-corrected chi connectivity index (χ4v) is 0.766. The van der Waals surface area contributed by atoms with Crippen molar-refractivity contribution in [1.82, 2.24) is 4.98 Å². The zero-order chi connectivity index (χ0) is 9.68. The molecule has 1 rings (SSSR count). The Morgan fingerprint density at radius 3 is 2.85 bits per heavy atom. The Balaban J connectivity index is 2.91. The molecule has 1 aromatic rings. The summed E-state index contributed by atoms with van der Waals surface area (Å²) >= 11 is 0. The SMILES string of the molecule is O=CC(=O)/C=C(\O)c1cccnc1. The van der Waals surface area contributed by atoms with E-state index in [0.29, 0.717) is 5.56 Å². The molecule has 0 spiro atoms. The number of pyridine rings is 1. The molecule has 4 nitrogen and oxygen atoms in total. The minimum Gasteiger partial charge on any atom is -0.507 e. The van der Waals surface area contributed by atoms with Crippen molar-refractivity contribution in [3.05, 3.63) is 36.2 Å². The topological polar surface area (TPSA) is 67.3 Å². The highest BCUT2D eigenvalue weighted by molar-refractivity contribution is 6.31. The lowest BCUT2D eigenvalue weighted by Crippen LogP contribution is -1.95. The number of aliphatic hydroxyl groups excluding tert-OH is 1. The van der Waals surface area contributed by atoms with E-state index in [0.717, 1.165) is 6.08 Å². The third-order valence-electron chi connectivity index (χ3n) is 1.35. The van der Waals surface area contributed by atoms with Crippen molar-refractivity contribution in [2.75, 3.05) is 0 Å². The summed E-state index contributed by atoms with van der Waals surface area (Å²) in [5, 5.41) is 9.26. The summed E-state index contributed by atoms with van der Waals surface area (Å²) in [7, 11) is 0. The Kier molecular flexibility index (Phi) is 2.92. The van der Waals surface area contributed by atoms with Gasteiger partial charge in [-0.3, -0.25) is 14.6 Å². The summed E-state index contributed by atoms with van der Waals surface area (Å²) in [6.45, 7) is 0. The molecule has 0 saturated heterocycles. The van der Waals surface area contributed by atoms with Gasteiger partial charge in [-0.2, -0.15) is 0 Å². The zero-order valence-electron chi connectivity index (χ0n) is 6.68. The van der Waals surface area contributed by atoms with Crippen molar-refractivity contribution in [2.45, 2.75) is 0 Å². The lowest BCUT2D eigenvalue weighted by molar-refractivity contribution is -0.126. The molecule has 0 aromatic carbocycles. The van der Waals surface area contributed by atoms with Crippen molar-refractivity contribution in [3.8, 4) is 0 Å². The van der Waals surface area contributed by atoms with Gasteiger partial charge in [-0.1, -0.05) is 0 Å². The van der Waals surface area contributed by atoms with Gasteiger partial charge in [0.2, 0.25) is 5.78 Å². The van der Waals surface area contributed by atoms with Gasteiger partial charge in [0, 0.05) is 24.0 Å². The highest BCUT2D eigenvalue weighted by Crippen LogP contribution is 2.07. The number of nitrogens with zero attached hydrogens (tertiary/aromatic N) is 1. The predicted molar refractivity (Wildman–Crippen MR) is 45.9 cm³/mol. The van der Waals surface area contributed by atoms with Crippen LogP contribution in [0.3, 0.4) is 0 Å². The van der Waals surface area contributed by atoms with Crippen LogP contribution in [0.2, 0.25) is 0 Å². The third kappa shape index (κ3) is 2.52. The van der Waals surface area contributed by atoms with Crippen molar-refractivity contribution in [1.29, 1.82) is 0 Å². The Morgan fingerprint density at radius 2 is 2.31 bits per heavy atom. The van der Waals surface area contributed by atoms with Gasteiger partial charge in [-0.05, 0) is 12.1 Å². The van der Waals surface area contributed by atoms with Crippen molar-refractivity contribution in [3.63, 3.8) is 0 Å². The summed E-state index contributed by atoms with van der Waals surface area (Å²) in [5.41, 5.74) is 0.401. The molecular weight excluding hydrogens is 170 g/mol. The van der Waals surface area contributed by atoms with Gasteiger partial charge in [0.15, 0.2) is 6.29 Å². The first-order valence-electron chi connectivity index (χ1n) is 3.54. The molecular formula is C9H7NO3. The molecule has 0 aliphatic heterocycles. The highest BCUT2D eigenvalue weighted by Gasteiger charge is 2.00. The van der Waals surface area contributed by atoms with E-state index in [-0.39, 0.29) is 12.0 Å². The average molecular weight is 177 g/mol. The summed E-state index contributed by atoms with van der Waals surface area (Å²) in [6.07, 6.45) is 3.92. The van der Waals surface area contributed by atoms with E-state index in [1.54, 1.807) is 18.3 Å². The number of aliphatic hydroxyl groups is 1. The molecule has 0 amide bonds. The number of aldehydes is 1. The van der Waals surface area contributed by atoms with Crippen LogP contribution in [0.4, 0.5) is 0 Å². The van der Waals surface area contributed by atoms with Crippen LogP contribution in [-0.2, 0) is 9.59 Å². The number of carbonyl (C=O) groups is 2. The molecule has 0 aliphatic rings. The molecule has 0 unspecified atom stereocenters. The van der Waals surface area contributed by atoms with Crippen molar-refractivity contribution < 1.29 is 14.7 Å². The number of rotatable bonds is 3. The lowest BCUT2D eigenvalue weighted by Gasteiger charge is -1.96. The first-order chi connectivity index (χ1) is 6.24. The molecule has 1 aromatic heterocycles. The van der Waals surface area contributed by atoms with Gasteiger partial charge in [0.1, 0.15) is 5.76 Å². The van der Waals surface area contributed by atoms with Gasteiger partial charge in [0.05, 0.1) is 0 Å². The monoisotopic (exact) mass is 177 g/mol. The van der Waals surface area contributed by atoms with E-state index < -0.39 is 5.78 Å². The van der Waals surface area contributed by atoms with Crippen LogP contribution < -0.4 is 0 Å². The maximum absolute atomic E-state index is 10.6. The Labute approximate surface area is 74.5 Å². The molecule has 0 radical (unpaired) electrons. The summed E-state index contributed by atoms with van der Waals surface area (Å²) in [5.74, 6) is -1.04. The van der Waals surface area contributed by atoms with Gasteiger partial charge in [-0.15, -0.1) is 0 Å². The molecule has 4 heteroatoms. The van der Waals surface area contributed by atoms with Gasteiger partial charge < -0.3 is 5.11 Å². The van der Waals surface area contributed by atoms with Gasteiger partial charge in [-0.25, -0.2) is 0 Å². The van der Waals surface area contributed by atoms with Gasteiger partial charge >= 0.3 is 0 Å². The van der Waals surface area contributed by atoms with Crippen LogP contribution in [0.5, 0.6) is 0 Å². The zero-order valence-corrected chi connectivity index (χ0v) is 6.68. The van der Waals surface area contributed by atoms with E-state index in [4.69, 9.17) is 0 Å². The summed E-state index contributed by atoms with van der Waals surface area (Å²) < 4.78 is 0. The molecule has 1 heterocycles.